The van der Waals surface area contributed by atoms with E-state index < -0.39 is 23.5 Å². The molecule has 1 amide bonds. The van der Waals surface area contributed by atoms with Crippen molar-refractivity contribution in [2.75, 3.05) is 17.2 Å². The highest BCUT2D eigenvalue weighted by atomic mass is 19.4. The molecule has 0 aliphatic carbocycles. The second-order valence-corrected chi connectivity index (χ2v) is 4.75. The van der Waals surface area contributed by atoms with Crippen molar-refractivity contribution in [1.29, 1.82) is 0 Å². The summed E-state index contributed by atoms with van der Waals surface area (Å²) < 4.78 is 51.8. The first-order valence-electron chi connectivity index (χ1n) is 6.82. The number of carbonyl (C=O) groups excluding carboxylic acids is 1. The fraction of sp³-hybridized carbons (Fsp3) is 0.188. The quantitative estimate of drug-likeness (QED) is 0.805. The second kappa shape index (κ2) is 7.13. The minimum atomic E-state index is -4.55. The van der Waals surface area contributed by atoms with Crippen LogP contribution in [0.25, 0.3) is 0 Å². The van der Waals surface area contributed by atoms with Gasteiger partial charge in [0.25, 0.3) is 0 Å². The molecule has 0 saturated carbocycles. The number of rotatable bonds is 5. The Morgan fingerprint density at radius 2 is 1.57 bits per heavy atom. The fourth-order valence-corrected chi connectivity index (χ4v) is 1.97. The highest BCUT2D eigenvalue weighted by Crippen LogP contribution is 2.34. The number of hydrogen-bond acceptors (Lipinski definition) is 2. The van der Waals surface area contributed by atoms with Crippen LogP contribution in [-0.4, -0.2) is 12.5 Å². The van der Waals surface area contributed by atoms with E-state index in [0.29, 0.717) is 0 Å². The Morgan fingerprint density at radius 1 is 0.957 bits per heavy atom. The van der Waals surface area contributed by atoms with Gasteiger partial charge in [0.2, 0.25) is 5.91 Å². The highest BCUT2D eigenvalue weighted by molar-refractivity contribution is 5.91. The van der Waals surface area contributed by atoms with E-state index in [-0.39, 0.29) is 24.3 Å². The van der Waals surface area contributed by atoms with Crippen LogP contribution in [-0.2, 0) is 11.0 Å². The summed E-state index contributed by atoms with van der Waals surface area (Å²) in [5.41, 5.74) is -0.970. The lowest BCUT2D eigenvalue weighted by atomic mass is 10.1. The number of alkyl halides is 3. The zero-order chi connectivity index (χ0) is 16.9. The summed E-state index contributed by atoms with van der Waals surface area (Å²) in [5.74, 6) is -1.05. The molecule has 2 rings (SSSR count). The van der Waals surface area contributed by atoms with Crippen molar-refractivity contribution in [3.63, 3.8) is 0 Å². The molecule has 2 N–H and O–H groups in total. The molecule has 0 saturated heterocycles. The van der Waals surface area contributed by atoms with Crippen molar-refractivity contribution < 1.29 is 22.4 Å². The van der Waals surface area contributed by atoms with E-state index >= 15 is 0 Å². The maximum Gasteiger partial charge on any atom is 0.418 e. The van der Waals surface area contributed by atoms with Crippen LogP contribution in [0.5, 0.6) is 0 Å². The molecule has 0 aliphatic heterocycles. The lowest BCUT2D eigenvalue weighted by molar-refractivity contribution is -0.137. The summed E-state index contributed by atoms with van der Waals surface area (Å²) in [6.45, 7) is 0.0982. The summed E-state index contributed by atoms with van der Waals surface area (Å²) >= 11 is 0. The third-order valence-electron chi connectivity index (χ3n) is 3.05. The van der Waals surface area contributed by atoms with Crippen molar-refractivity contribution >= 4 is 17.3 Å². The van der Waals surface area contributed by atoms with E-state index in [1.807, 2.05) is 0 Å². The predicted molar refractivity (Wildman–Crippen MR) is 79.6 cm³/mol. The van der Waals surface area contributed by atoms with E-state index in [1.165, 1.54) is 36.4 Å². The van der Waals surface area contributed by atoms with Crippen molar-refractivity contribution in [2.45, 2.75) is 12.6 Å². The van der Waals surface area contributed by atoms with Gasteiger partial charge in [0.15, 0.2) is 0 Å². The van der Waals surface area contributed by atoms with Crippen LogP contribution >= 0.6 is 0 Å². The number of carbonyl (C=O) groups is 1. The first-order chi connectivity index (χ1) is 10.9. The number of halogens is 4. The lowest BCUT2D eigenvalue weighted by Gasteiger charge is -2.13. The van der Waals surface area contributed by atoms with Crippen molar-refractivity contribution in [2.24, 2.45) is 0 Å². The highest BCUT2D eigenvalue weighted by Gasteiger charge is 2.33. The first kappa shape index (κ1) is 16.8. The molecular weight excluding hydrogens is 312 g/mol. The summed E-state index contributed by atoms with van der Waals surface area (Å²) in [4.78, 5) is 11.8. The molecule has 0 aliphatic rings. The van der Waals surface area contributed by atoms with Crippen molar-refractivity contribution in [3.8, 4) is 0 Å². The minimum Gasteiger partial charge on any atom is -0.382 e. The third-order valence-corrected chi connectivity index (χ3v) is 3.05. The van der Waals surface area contributed by atoms with Crippen LogP contribution in [0.15, 0.2) is 48.5 Å². The Kier molecular flexibility index (Phi) is 5.20. The normalized spacial score (nSPS) is 11.1. The molecule has 0 bridgehead atoms. The van der Waals surface area contributed by atoms with Gasteiger partial charge in [0.1, 0.15) is 5.82 Å². The fourth-order valence-electron chi connectivity index (χ4n) is 1.97. The van der Waals surface area contributed by atoms with Gasteiger partial charge in [0.05, 0.1) is 16.9 Å². The molecule has 0 atom stereocenters. The molecule has 0 aromatic heterocycles. The van der Waals surface area contributed by atoms with Crippen LogP contribution in [0.3, 0.4) is 0 Å². The van der Waals surface area contributed by atoms with Gasteiger partial charge in [-0.2, -0.15) is 13.2 Å². The van der Waals surface area contributed by atoms with Gasteiger partial charge >= 0.3 is 6.18 Å². The predicted octanol–water partition coefficient (Wildman–Crippen LogP) is 4.29. The van der Waals surface area contributed by atoms with Gasteiger partial charge in [-0.25, -0.2) is 4.39 Å². The maximum atomic E-state index is 13.4. The molecule has 0 unspecified atom stereocenters. The number of amides is 1. The number of benzene rings is 2. The maximum absolute atomic E-state index is 13.4. The molecule has 0 fully saturated rings. The summed E-state index contributed by atoms with van der Waals surface area (Å²) in [6, 6.07) is 10.7. The molecule has 0 spiro atoms. The first-order valence-corrected chi connectivity index (χ1v) is 6.82. The summed E-state index contributed by atoms with van der Waals surface area (Å²) in [5, 5.41) is 4.94. The van der Waals surface area contributed by atoms with Gasteiger partial charge in [-0.1, -0.05) is 24.3 Å². The van der Waals surface area contributed by atoms with Gasteiger partial charge in [0, 0.05) is 13.0 Å². The smallest absolute Gasteiger partial charge is 0.382 e. The Hall–Kier alpha value is -2.57. The molecule has 0 radical (unpaired) electrons. The number of hydrogen-bond donors (Lipinski definition) is 2. The average Bonchev–Trinajstić information content (AvgIpc) is 2.49. The lowest BCUT2D eigenvalue weighted by Crippen LogP contribution is -2.19. The van der Waals surface area contributed by atoms with E-state index in [9.17, 15) is 22.4 Å². The average molecular weight is 326 g/mol. The molecule has 2 aromatic rings. The molecule has 122 valence electrons. The Bertz CT molecular complexity index is 686. The SMILES string of the molecule is O=C(CCNc1ccccc1F)Nc1ccccc1C(F)(F)F. The van der Waals surface area contributed by atoms with Crippen LogP contribution in [0.4, 0.5) is 28.9 Å². The largest absolute Gasteiger partial charge is 0.418 e. The Labute approximate surface area is 130 Å². The number of anilines is 2. The van der Waals surface area contributed by atoms with Gasteiger partial charge < -0.3 is 10.6 Å². The van der Waals surface area contributed by atoms with Gasteiger partial charge in [-0.05, 0) is 24.3 Å². The zero-order valence-corrected chi connectivity index (χ0v) is 12.0. The summed E-state index contributed by atoms with van der Waals surface area (Å²) in [7, 11) is 0. The third kappa shape index (κ3) is 4.70. The number of para-hydroxylation sites is 2. The van der Waals surface area contributed by atoms with Crippen LogP contribution < -0.4 is 10.6 Å². The molecule has 2 aromatic carbocycles. The van der Waals surface area contributed by atoms with Crippen LogP contribution in [0, 0.1) is 5.82 Å². The monoisotopic (exact) mass is 326 g/mol. The van der Waals surface area contributed by atoms with Crippen molar-refractivity contribution in [1.82, 2.24) is 0 Å². The second-order valence-electron chi connectivity index (χ2n) is 4.75. The molecule has 3 nitrogen and oxygen atoms in total. The zero-order valence-electron chi connectivity index (χ0n) is 12.0. The van der Waals surface area contributed by atoms with Crippen LogP contribution in [0.2, 0.25) is 0 Å². The molecule has 0 heterocycles. The van der Waals surface area contributed by atoms with E-state index in [1.54, 1.807) is 6.07 Å². The van der Waals surface area contributed by atoms with Gasteiger partial charge in [-0.15, -0.1) is 0 Å². The van der Waals surface area contributed by atoms with Gasteiger partial charge in [-0.3, -0.25) is 4.79 Å². The minimum absolute atomic E-state index is 0.0967. The Balaban J connectivity index is 1.92. The summed E-state index contributed by atoms with van der Waals surface area (Å²) in [6.07, 6.45) is -4.64. The number of nitrogens with one attached hydrogen (secondary N) is 2. The molecule has 23 heavy (non-hydrogen) atoms. The van der Waals surface area contributed by atoms with Crippen molar-refractivity contribution in [3.05, 3.63) is 59.9 Å². The molecular formula is C16H14F4N2O. The van der Waals surface area contributed by atoms with Crippen LogP contribution in [0.1, 0.15) is 12.0 Å². The Morgan fingerprint density at radius 3 is 2.22 bits per heavy atom. The standard InChI is InChI=1S/C16H14F4N2O/c17-12-6-2-4-8-14(12)21-10-9-15(23)22-13-7-3-1-5-11(13)16(18,19)20/h1-8,21H,9-10H2,(H,22,23). The topological polar surface area (TPSA) is 41.1 Å². The molecule has 7 heteroatoms. The van der Waals surface area contributed by atoms with E-state index in [2.05, 4.69) is 10.6 Å². The van der Waals surface area contributed by atoms with E-state index in [4.69, 9.17) is 0 Å². The van der Waals surface area contributed by atoms with E-state index in [0.717, 1.165) is 6.07 Å².